The van der Waals surface area contributed by atoms with Crippen molar-refractivity contribution in [2.45, 2.75) is 0 Å². The maximum Gasteiger partial charge on any atom is 0.139 e. The van der Waals surface area contributed by atoms with Gasteiger partial charge in [0, 0.05) is 16.5 Å². The first-order valence-corrected chi connectivity index (χ1v) is 19.4. The molecule has 0 aliphatic rings. The number of anilines is 3. The second-order valence-corrected chi connectivity index (χ2v) is 14.5. The Bertz CT molecular complexity index is 3210. The van der Waals surface area contributed by atoms with Gasteiger partial charge in [-0.1, -0.05) is 158 Å². The Morgan fingerprint density at radius 3 is 1.42 bits per heavy atom. The van der Waals surface area contributed by atoms with Crippen LogP contribution in [0.5, 0.6) is 0 Å². The highest BCUT2D eigenvalue weighted by Gasteiger charge is 2.23. The SMILES string of the molecule is c1ccc(-c2cc(-c3ccccc3)c3c4ccccc4c4cc(N(c5ccc6ccccc6n5)c5ccc6ccccc6n5)ccc4c3c2-c2ccccc2)cc1. The molecule has 0 saturated carbocycles. The summed E-state index contributed by atoms with van der Waals surface area (Å²) in [6.07, 6.45) is 0. The zero-order chi connectivity index (χ0) is 37.7. The van der Waals surface area contributed by atoms with Gasteiger partial charge in [0.15, 0.2) is 0 Å². The van der Waals surface area contributed by atoms with E-state index in [9.17, 15) is 0 Å². The van der Waals surface area contributed by atoms with Gasteiger partial charge < -0.3 is 0 Å². The molecule has 2 aromatic heterocycles. The molecule has 0 saturated heterocycles. The minimum absolute atomic E-state index is 0.809. The van der Waals surface area contributed by atoms with Gasteiger partial charge in [-0.3, -0.25) is 4.90 Å². The van der Waals surface area contributed by atoms with E-state index >= 15 is 0 Å². The van der Waals surface area contributed by atoms with Crippen LogP contribution in [-0.4, -0.2) is 9.97 Å². The number of fused-ring (bicyclic) bond motifs is 8. The van der Waals surface area contributed by atoms with Crippen LogP contribution >= 0.6 is 0 Å². The molecule has 9 aromatic carbocycles. The molecular weight excluding hydrogens is 691 g/mol. The van der Waals surface area contributed by atoms with Gasteiger partial charge in [-0.2, -0.15) is 0 Å². The number of pyridine rings is 2. The molecule has 3 heteroatoms. The first-order valence-electron chi connectivity index (χ1n) is 19.4. The largest absolute Gasteiger partial charge is 0.279 e. The lowest BCUT2D eigenvalue weighted by Crippen LogP contribution is -2.13. The lowest BCUT2D eigenvalue weighted by atomic mass is 9.81. The molecule has 0 amide bonds. The highest BCUT2D eigenvalue weighted by molar-refractivity contribution is 6.33. The molecule has 3 nitrogen and oxygen atoms in total. The van der Waals surface area contributed by atoms with Crippen LogP contribution in [0.25, 0.3) is 87.5 Å². The van der Waals surface area contributed by atoms with Crippen molar-refractivity contribution in [3.8, 4) is 33.4 Å². The Labute approximate surface area is 330 Å². The molecule has 0 aliphatic heterocycles. The van der Waals surface area contributed by atoms with E-state index in [4.69, 9.17) is 9.97 Å². The molecule has 0 spiro atoms. The molecule has 0 fully saturated rings. The van der Waals surface area contributed by atoms with Gasteiger partial charge in [0.25, 0.3) is 0 Å². The highest BCUT2D eigenvalue weighted by atomic mass is 15.2. The lowest BCUT2D eigenvalue weighted by molar-refractivity contribution is 1.16. The molecular formula is C54H35N3. The summed E-state index contributed by atoms with van der Waals surface area (Å²) in [4.78, 5) is 12.7. The molecule has 0 radical (unpaired) electrons. The normalized spacial score (nSPS) is 11.5. The predicted molar refractivity (Wildman–Crippen MR) is 241 cm³/mol. The molecule has 57 heavy (non-hydrogen) atoms. The topological polar surface area (TPSA) is 29.0 Å². The van der Waals surface area contributed by atoms with Crippen LogP contribution in [0, 0.1) is 0 Å². The molecule has 11 rings (SSSR count). The van der Waals surface area contributed by atoms with Gasteiger partial charge in [-0.15, -0.1) is 0 Å². The van der Waals surface area contributed by atoms with E-state index in [0.29, 0.717) is 0 Å². The maximum absolute atomic E-state index is 5.23. The van der Waals surface area contributed by atoms with Crippen LogP contribution in [0.4, 0.5) is 17.3 Å². The Morgan fingerprint density at radius 2 is 0.807 bits per heavy atom. The lowest BCUT2D eigenvalue weighted by Gasteiger charge is -2.25. The molecule has 2 heterocycles. The van der Waals surface area contributed by atoms with Crippen LogP contribution < -0.4 is 4.90 Å². The molecule has 0 bridgehead atoms. The van der Waals surface area contributed by atoms with Crippen molar-refractivity contribution in [1.82, 2.24) is 9.97 Å². The van der Waals surface area contributed by atoms with Gasteiger partial charge >= 0.3 is 0 Å². The van der Waals surface area contributed by atoms with Crippen molar-refractivity contribution in [3.63, 3.8) is 0 Å². The first kappa shape index (κ1) is 32.8. The summed E-state index contributed by atoms with van der Waals surface area (Å²) >= 11 is 0. The Kier molecular flexibility index (Phi) is 7.82. The van der Waals surface area contributed by atoms with Crippen LogP contribution in [0.15, 0.2) is 212 Å². The van der Waals surface area contributed by atoms with Crippen LogP contribution in [0.2, 0.25) is 0 Å². The second kappa shape index (κ2) is 13.6. The van der Waals surface area contributed by atoms with Gasteiger partial charge in [0.2, 0.25) is 0 Å². The summed E-state index contributed by atoms with van der Waals surface area (Å²) in [6.45, 7) is 0. The summed E-state index contributed by atoms with van der Waals surface area (Å²) in [5.41, 5.74) is 10.1. The van der Waals surface area contributed by atoms with Gasteiger partial charge in [-0.25, -0.2) is 9.97 Å². The number of nitrogens with zero attached hydrogens (tertiary/aromatic N) is 3. The predicted octanol–water partition coefficient (Wildman–Crippen LogP) is 14.7. The van der Waals surface area contributed by atoms with E-state index in [1.165, 1.54) is 65.7 Å². The fourth-order valence-corrected chi connectivity index (χ4v) is 8.62. The van der Waals surface area contributed by atoms with Crippen molar-refractivity contribution in [1.29, 1.82) is 0 Å². The molecule has 11 aromatic rings. The van der Waals surface area contributed by atoms with Crippen molar-refractivity contribution >= 4 is 71.4 Å². The number of rotatable bonds is 6. The first-order chi connectivity index (χ1) is 28.3. The molecule has 0 atom stereocenters. The summed E-state index contributed by atoms with van der Waals surface area (Å²) in [7, 11) is 0. The van der Waals surface area contributed by atoms with E-state index in [0.717, 1.165) is 39.1 Å². The van der Waals surface area contributed by atoms with Crippen molar-refractivity contribution in [2.24, 2.45) is 0 Å². The summed E-state index contributed by atoms with van der Waals surface area (Å²) in [6, 6.07) is 75.9. The quantitative estimate of drug-likeness (QED) is 0.160. The number of hydrogen-bond acceptors (Lipinski definition) is 3. The summed E-state index contributed by atoms with van der Waals surface area (Å²) in [5.74, 6) is 1.62. The minimum Gasteiger partial charge on any atom is -0.279 e. The number of aromatic nitrogens is 2. The van der Waals surface area contributed by atoms with Crippen molar-refractivity contribution in [2.75, 3.05) is 4.90 Å². The molecule has 266 valence electrons. The number of hydrogen-bond donors (Lipinski definition) is 0. The standard InChI is InChI=1S/C54H35N3/c1-4-16-36(17-5-1)45-35-46(37-18-6-2-7-19-37)53-43-25-13-12-24-42(43)47-34-41(30-31-44(47)54(53)52(45)40-22-8-3-9-23-40)57(50-32-28-38-20-10-14-26-48(38)55-50)51-33-29-39-21-11-15-27-49(39)56-51/h1-35H. The fraction of sp³-hybridized carbons (Fsp3) is 0. The van der Waals surface area contributed by atoms with Crippen LogP contribution in [0.1, 0.15) is 0 Å². The Hall–Kier alpha value is -7.62. The molecule has 0 N–H and O–H groups in total. The van der Waals surface area contributed by atoms with Gasteiger partial charge in [0.05, 0.1) is 11.0 Å². The third-order valence-corrected chi connectivity index (χ3v) is 11.2. The van der Waals surface area contributed by atoms with E-state index in [-0.39, 0.29) is 0 Å². The average molecular weight is 726 g/mol. The van der Waals surface area contributed by atoms with Crippen molar-refractivity contribution < 1.29 is 0 Å². The van der Waals surface area contributed by atoms with Gasteiger partial charge in [-0.05, 0) is 120 Å². The monoisotopic (exact) mass is 725 g/mol. The highest BCUT2D eigenvalue weighted by Crippen LogP contribution is 2.50. The molecule has 0 aliphatic carbocycles. The number of para-hydroxylation sites is 2. The second-order valence-electron chi connectivity index (χ2n) is 14.5. The number of benzene rings is 9. The third-order valence-electron chi connectivity index (χ3n) is 11.2. The fourth-order valence-electron chi connectivity index (χ4n) is 8.62. The van der Waals surface area contributed by atoms with E-state index < -0.39 is 0 Å². The van der Waals surface area contributed by atoms with Crippen molar-refractivity contribution in [3.05, 3.63) is 212 Å². The maximum atomic E-state index is 5.23. The van der Waals surface area contributed by atoms with Gasteiger partial charge in [0.1, 0.15) is 11.6 Å². The van der Waals surface area contributed by atoms with E-state index in [2.05, 4.69) is 205 Å². The van der Waals surface area contributed by atoms with Crippen LogP contribution in [0.3, 0.4) is 0 Å². The average Bonchev–Trinajstić information content (AvgIpc) is 3.29. The summed E-state index contributed by atoms with van der Waals surface area (Å²) < 4.78 is 0. The van der Waals surface area contributed by atoms with E-state index in [1.54, 1.807) is 0 Å². The third kappa shape index (κ3) is 5.60. The zero-order valence-electron chi connectivity index (χ0n) is 31.0. The Balaban J connectivity index is 1.27. The smallest absolute Gasteiger partial charge is 0.139 e. The summed E-state index contributed by atoms with van der Waals surface area (Å²) in [5, 5.41) is 9.46. The Morgan fingerprint density at radius 1 is 0.316 bits per heavy atom. The van der Waals surface area contributed by atoms with E-state index in [1.807, 2.05) is 12.1 Å². The minimum atomic E-state index is 0.809. The van der Waals surface area contributed by atoms with Crippen LogP contribution in [-0.2, 0) is 0 Å². The molecule has 0 unspecified atom stereocenters. The zero-order valence-corrected chi connectivity index (χ0v) is 31.0.